The molecule has 3 heteroatoms. The molecule has 0 spiro atoms. The Morgan fingerprint density at radius 3 is 2.38 bits per heavy atom. The Labute approximate surface area is 202 Å². The summed E-state index contributed by atoms with van der Waals surface area (Å²) in [5.41, 5.74) is 4.98. The summed E-state index contributed by atoms with van der Waals surface area (Å²) in [6.45, 7) is 5.15. The molecule has 174 valence electrons. The van der Waals surface area contributed by atoms with Crippen LogP contribution in [0, 0.1) is 40.4 Å². The van der Waals surface area contributed by atoms with E-state index < -0.39 is 5.60 Å². The first-order chi connectivity index (χ1) is 16.4. The zero-order chi connectivity index (χ0) is 23.5. The van der Waals surface area contributed by atoms with Crippen molar-refractivity contribution in [2.45, 2.75) is 51.0 Å². The van der Waals surface area contributed by atoms with Gasteiger partial charge in [-0.2, -0.15) is 5.26 Å². The molecule has 6 rings (SSSR count). The van der Waals surface area contributed by atoms with E-state index in [0.29, 0.717) is 35.2 Å². The van der Waals surface area contributed by atoms with Crippen LogP contribution in [0.2, 0.25) is 0 Å². The molecule has 4 aliphatic rings. The molecule has 2 fully saturated rings. The number of nitrogens with zero attached hydrogens (tertiary/aromatic N) is 1. The number of nitriles is 1. The smallest absolute Gasteiger partial charge is 0.0991 e. The molecule has 34 heavy (non-hydrogen) atoms. The molecule has 2 aromatic carbocycles. The van der Waals surface area contributed by atoms with E-state index in [1.165, 1.54) is 23.1 Å². The summed E-state index contributed by atoms with van der Waals surface area (Å²) in [6, 6.07) is 19.1. The first-order valence-corrected chi connectivity index (χ1v) is 12.7. The SMILES string of the molecule is C[C@]1(O)C=CC2C3CCC4=COCCC4C3[C@@H](c3ccc(-c4ccc(C#N)cc4)cc3)C[C@@]21C. The van der Waals surface area contributed by atoms with Crippen molar-refractivity contribution >= 4 is 0 Å². The molecule has 1 heterocycles. The van der Waals surface area contributed by atoms with Crippen molar-refractivity contribution in [3.63, 3.8) is 0 Å². The Kier molecular flexibility index (Phi) is 5.01. The lowest BCUT2D eigenvalue weighted by molar-refractivity contribution is -0.104. The summed E-state index contributed by atoms with van der Waals surface area (Å²) in [5, 5.41) is 20.5. The van der Waals surface area contributed by atoms with Crippen LogP contribution >= 0.6 is 0 Å². The number of benzene rings is 2. The van der Waals surface area contributed by atoms with Gasteiger partial charge in [-0.3, -0.25) is 0 Å². The van der Waals surface area contributed by atoms with E-state index in [2.05, 4.69) is 55.7 Å². The van der Waals surface area contributed by atoms with E-state index in [0.717, 1.165) is 31.4 Å². The van der Waals surface area contributed by atoms with Crippen LogP contribution in [0.1, 0.15) is 56.6 Å². The Morgan fingerprint density at radius 1 is 0.971 bits per heavy atom. The van der Waals surface area contributed by atoms with Crippen molar-refractivity contribution in [1.82, 2.24) is 0 Å². The summed E-state index contributed by atoms with van der Waals surface area (Å²) in [6.07, 6.45) is 10.9. The molecule has 4 unspecified atom stereocenters. The molecule has 0 aromatic heterocycles. The average Bonchev–Trinajstić information content (AvgIpc) is 3.12. The predicted molar refractivity (Wildman–Crippen MR) is 134 cm³/mol. The van der Waals surface area contributed by atoms with Gasteiger partial charge in [-0.25, -0.2) is 0 Å². The number of hydrogen-bond acceptors (Lipinski definition) is 3. The fourth-order valence-corrected chi connectivity index (χ4v) is 7.72. The third kappa shape index (κ3) is 3.19. The van der Waals surface area contributed by atoms with Crippen LogP contribution in [0.3, 0.4) is 0 Å². The topological polar surface area (TPSA) is 53.2 Å². The van der Waals surface area contributed by atoms with E-state index in [1.54, 1.807) is 0 Å². The molecule has 1 N–H and O–H groups in total. The largest absolute Gasteiger partial charge is 0.501 e. The molecular weight excluding hydrogens is 418 g/mol. The minimum absolute atomic E-state index is 0.142. The average molecular weight is 452 g/mol. The second kappa shape index (κ2) is 7.85. The van der Waals surface area contributed by atoms with E-state index >= 15 is 0 Å². The summed E-state index contributed by atoms with van der Waals surface area (Å²) < 4.78 is 5.74. The Bertz CT molecular complexity index is 1180. The second-order valence-electron chi connectivity index (χ2n) is 11.3. The molecule has 0 saturated heterocycles. The predicted octanol–water partition coefficient (Wildman–Crippen LogP) is 6.60. The zero-order valence-corrected chi connectivity index (χ0v) is 20.1. The van der Waals surface area contributed by atoms with Crippen LogP contribution < -0.4 is 0 Å². The standard InChI is InChI=1S/C31H33NO2/c1-30-17-27(23-9-7-22(8-10-23)21-5-3-20(18-32)4-6-21)29-25-14-16-34-19-24(25)11-12-26(29)28(30)13-15-31(30,2)33/h3-10,13,15,19,25-29,33H,11-12,14,16-17H2,1-2H3/t25?,26?,27-,28?,29?,30+,31+/m1/s1. The Hall–Kier alpha value is -2.83. The molecule has 3 aliphatic carbocycles. The normalized spacial score (nSPS) is 38.1. The maximum absolute atomic E-state index is 11.4. The van der Waals surface area contributed by atoms with Gasteiger partial charge in [0.2, 0.25) is 0 Å². The van der Waals surface area contributed by atoms with Crippen LogP contribution in [-0.2, 0) is 4.74 Å². The highest BCUT2D eigenvalue weighted by atomic mass is 16.5. The molecule has 0 amide bonds. The molecule has 2 saturated carbocycles. The monoisotopic (exact) mass is 451 g/mol. The van der Waals surface area contributed by atoms with Gasteiger partial charge in [0, 0.05) is 5.41 Å². The van der Waals surface area contributed by atoms with Crippen LogP contribution in [0.4, 0.5) is 0 Å². The summed E-state index contributed by atoms with van der Waals surface area (Å²) >= 11 is 0. The Balaban J connectivity index is 1.39. The Morgan fingerprint density at radius 2 is 1.68 bits per heavy atom. The van der Waals surface area contributed by atoms with E-state index in [4.69, 9.17) is 10.00 Å². The van der Waals surface area contributed by atoms with Gasteiger partial charge < -0.3 is 9.84 Å². The fraction of sp³-hybridized carbons (Fsp3) is 0.452. The van der Waals surface area contributed by atoms with Crippen LogP contribution in [0.5, 0.6) is 0 Å². The molecule has 1 aliphatic heterocycles. The van der Waals surface area contributed by atoms with Crippen molar-refractivity contribution in [3.05, 3.63) is 83.6 Å². The lowest BCUT2D eigenvalue weighted by Gasteiger charge is -2.58. The van der Waals surface area contributed by atoms with Crippen molar-refractivity contribution in [3.8, 4) is 17.2 Å². The summed E-state index contributed by atoms with van der Waals surface area (Å²) in [4.78, 5) is 0. The number of fused-ring (bicyclic) bond motifs is 5. The zero-order valence-electron chi connectivity index (χ0n) is 20.1. The maximum Gasteiger partial charge on any atom is 0.0991 e. The molecule has 3 nitrogen and oxygen atoms in total. The van der Waals surface area contributed by atoms with Crippen LogP contribution in [0.25, 0.3) is 11.1 Å². The van der Waals surface area contributed by atoms with Crippen molar-refractivity contribution in [1.29, 1.82) is 5.26 Å². The van der Waals surface area contributed by atoms with E-state index in [9.17, 15) is 5.11 Å². The quantitative estimate of drug-likeness (QED) is 0.523. The third-order valence-electron chi connectivity index (χ3n) is 9.76. The molecular formula is C31H33NO2. The number of aliphatic hydroxyl groups is 1. The molecule has 7 atom stereocenters. The number of allylic oxidation sites excluding steroid dienone is 2. The lowest BCUT2D eigenvalue weighted by Crippen LogP contribution is -2.54. The van der Waals surface area contributed by atoms with Crippen molar-refractivity contribution < 1.29 is 9.84 Å². The summed E-state index contributed by atoms with van der Waals surface area (Å²) in [5.74, 6) is 2.61. The van der Waals surface area contributed by atoms with Gasteiger partial charge in [-0.05, 0) is 96.6 Å². The number of ether oxygens (including phenoxy) is 1. The minimum Gasteiger partial charge on any atom is -0.501 e. The van der Waals surface area contributed by atoms with E-state index in [1.807, 2.05) is 31.2 Å². The number of rotatable bonds is 2. The van der Waals surface area contributed by atoms with Crippen molar-refractivity contribution in [2.24, 2.45) is 29.1 Å². The first-order valence-electron chi connectivity index (χ1n) is 12.7. The first kappa shape index (κ1) is 21.7. The highest BCUT2D eigenvalue weighted by Crippen LogP contribution is 2.66. The van der Waals surface area contributed by atoms with Gasteiger partial charge in [-0.15, -0.1) is 0 Å². The highest BCUT2D eigenvalue weighted by molar-refractivity contribution is 5.64. The van der Waals surface area contributed by atoms with Crippen LogP contribution in [0.15, 0.2) is 72.5 Å². The van der Waals surface area contributed by atoms with Gasteiger partial charge >= 0.3 is 0 Å². The van der Waals surface area contributed by atoms with Gasteiger partial charge in [0.05, 0.1) is 30.1 Å². The van der Waals surface area contributed by atoms with Gasteiger partial charge in [0.25, 0.3) is 0 Å². The van der Waals surface area contributed by atoms with Gasteiger partial charge in [0.15, 0.2) is 0 Å². The van der Waals surface area contributed by atoms with Crippen molar-refractivity contribution in [2.75, 3.05) is 6.61 Å². The third-order valence-corrected chi connectivity index (χ3v) is 9.76. The molecule has 2 aromatic rings. The minimum atomic E-state index is -0.769. The lowest BCUT2D eigenvalue weighted by atomic mass is 9.47. The van der Waals surface area contributed by atoms with E-state index in [-0.39, 0.29) is 5.41 Å². The molecule has 0 radical (unpaired) electrons. The fourth-order valence-electron chi connectivity index (χ4n) is 7.72. The molecule has 0 bridgehead atoms. The van der Waals surface area contributed by atoms with Crippen LogP contribution in [-0.4, -0.2) is 17.3 Å². The van der Waals surface area contributed by atoms with Gasteiger partial charge in [-0.1, -0.05) is 55.5 Å². The highest BCUT2D eigenvalue weighted by Gasteiger charge is 2.61. The second-order valence-corrected chi connectivity index (χ2v) is 11.3. The van der Waals surface area contributed by atoms with Gasteiger partial charge in [0.1, 0.15) is 0 Å². The number of hydrogen-bond donors (Lipinski definition) is 1. The maximum atomic E-state index is 11.4. The summed E-state index contributed by atoms with van der Waals surface area (Å²) in [7, 11) is 0.